The zero-order chi connectivity index (χ0) is 9.42. The molecule has 0 saturated heterocycles. The van der Waals surface area contributed by atoms with Crippen LogP contribution in [-0.2, 0) is 0 Å². The Bertz CT molecular complexity index is 327. The second-order valence-electron chi connectivity index (χ2n) is 3.31. The molecule has 70 valence electrons. The monoisotopic (exact) mass is 201 g/mol. The van der Waals surface area contributed by atoms with Gasteiger partial charge in [-0.25, -0.2) is 9.37 Å². The summed E-state index contributed by atoms with van der Waals surface area (Å²) in [6, 6.07) is 1.39. The summed E-state index contributed by atoms with van der Waals surface area (Å²) in [6.45, 7) is 0. The third-order valence-electron chi connectivity index (χ3n) is 2.24. The summed E-state index contributed by atoms with van der Waals surface area (Å²) in [5, 5.41) is 9.86. The number of pyridine rings is 1. The zero-order valence-corrected chi connectivity index (χ0v) is 7.63. The molecular weight excluding hydrogens is 193 g/mol. The molecule has 2 rings (SSSR count). The number of nitrogens with zero attached hydrogens (tertiary/aromatic N) is 1. The fraction of sp³-hybridized carbons (Fsp3) is 0.444. The second-order valence-corrected chi connectivity index (χ2v) is 3.70. The Labute approximate surface area is 80.4 Å². The fourth-order valence-electron chi connectivity index (χ4n) is 1.32. The van der Waals surface area contributed by atoms with Crippen molar-refractivity contribution in [3.8, 4) is 0 Å². The third-order valence-corrected chi connectivity index (χ3v) is 2.45. The molecule has 1 N–H and O–H groups in total. The number of hydrogen-bond donors (Lipinski definition) is 1. The topological polar surface area (TPSA) is 33.1 Å². The van der Waals surface area contributed by atoms with Crippen molar-refractivity contribution in [2.24, 2.45) is 5.92 Å². The van der Waals surface area contributed by atoms with Gasteiger partial charge in [-0.2, -0.15) is 0 Å². The number of rotatable bonds is 2. The minimum Gasteiger partial charge on any atom is -0.388 e. The maximum absolute atomic E-state index is 13.1. The van der Waals surface area contributed by atoms with E-state index in [9.17, 15) is 9.50 Å². The molecule has 0 aromatic carbocycles. The van der Waals surface area contributed by atoms with Crippen molar-refractivity contribution < 1.29 is 9.50 Å². The summed E-state index contributed by atoms with van der Waals surface area (Å²) in [5.41, 5.74) is 0.266. The number of hydrogen-bond acceptors (Lipinski definition) is 2. The molecule has 1 aromatic heterocycles. The van der Waals surface area contributed by atoms with Gasteiger partial charge in [-0.1, -0.05) is 11.6 Å². The van der Waals surface area contributed by atoms with Gasteiger partial charge >= 0.3 is 0 Å². The SMILES string of the molecule is OC(c1cc(Cl)ncc1F)C1CC1. The van der Waals surface area contributed by atoms with Crippen LogP contribution in [0, 0.1) is 11.7 Å². The van der Waals surface area contributed by atoms with Crippen molar-refractivity contribution in [1.82, 2.24) is 4.98 Å². The second kappa shape index (κ2) is 3.24. The molecule has 2 nitrogen and oxygen atoms in total. The predicted molar refractivity (Wildman–Crippen MR) is 46.9 cm³/mol. The van der Waals surface area contributed by atoms with Gasteiger partial charge in [0, 0.05) is 5.56 Å². The number of aliphatic hydroxyl groups excluding tert-OH is 1. The first-order valence-electron chi connectivity index (χ1n) is 4.17. The van der Waals surface area contributed by atoms with Crippen LogP contribution in [-0.4, -0.2) is 10.1 Å². The van der Waals surface area contributed by atoms with E-state index in [1.165, 1.54) is 6.07 Å². The van der Waals surface area contributed by atoms with E-state index in [0.29, 0.717) is 0 Å². The normalized spacial score (nSPS) is 18.7. The highest BCUT2D eigenvalue weighted by Crippen LogP contribution is 2.41. The number of halogens is 2. The van der Waals surface area contributed by atoms with Crippen LogP contribution >= 0.6 is 11.6 Å². The molecule has 1 aromatic rings. The summed E-state index contributed by atoms with van der Waals surface area (Å²) in [7, 11) is 0. The Balaban J connectivity index is 2.31. The van der Waals surface area contributed by atoms with Crippen LogP contribution in [0.5, 0.6) is 0 Å². The maximum atomic E-state index is 13.1. The maximum Gasteiger partial charge on any atom is 0.147 e. The van der Waals surface area contributed by atoms with Gasteiger partial charge in [-0.05, 0) is 24.8 Å². The lowest BCUT2D eigenvalue weighted by Gasteiger charge is -2.09. The first kappa shape index (κ1) is 8.91. The van der Waals surface area contributed by atoms with Crippen LogP contribution in [0.4, 0.5) is 4.39 Å². The van der Waals surface area contributed by atoms with Gasteiger partial charge in [0.15, 0.2) is 0 Å². The Morgan fingerprint density at radius 3 is 2.92 bits per heavy atom. The molecule has 1 saturated carbocycles. The van der Waals surface area contributed by atoms with E-state index < -0.39 is 11.9 Å². The molecule has 1 atom stereocenters. The lowest BCUT2D eigenvalue weighted by molar-refractivity contribution is 0.149. The first-order valence-corrected chi connectivity index (χ1v) is 4.55. The van der Waals surface area contributed by atoms with Crippen LogP contribution in [0.25, 0.3) is 0 Å². The quantitative estimate of drug-likeness (QED) is 0.745. The molecule has 1 heterocycles. The molecule has 0 spiro atoms. The van der Waals surface area contributed by atoms with Gasteiger partial charge in [-0.3, -0.25) is 0 Å². The van der Waals surface area contributed by atoms with Crippen molar-refractivity contribution >= 4 is 11.6 Å². The largest absolute Gasteiger partial charge is 0.388 e. The Hall–Kier alpha value is -0.670. The Kier molecular flexibility index (Phi) is 2.22. The van der Waals surface area contributed by atoms with Crippen molar-refractivity contribution in [3.05, 3.63) is 28.8 Å². The third kappa shape index (κ3) is 1.81. The van der Waals surface area contributed by atoms with Gasteiger partial charge in [0.25, 0.3) is 0 Å². The van der Waals surface area contributed by atoms with E-state index >= 15 is 0 Å². The van der Waals surface area contributed by atoms with E-state index in [2.05, 4.69) is 4.98 Å². The van der Waals surface area contributed by atoms with Gasteiger partial charge in [0.1, 0.15) is 11.0 Å². The summed E-state index contributed by atoms with van der Waals surface area (Å²) in [5.74, 6) is -0.281. The lowest BCUT2D eigenvalue weighted by Crippen LogP contribution is -2.03. The van der Waals surface area contributed by atoms with Gasteiger partial charge in [0.2, 0.25) is 0 Å². The molecule has 1 fully saturated rings. The average molecular weight is 202 g/mol. The van der Waals surface area contributed by atoms with Crippen molar-refractivity contribution in [2.75, 3.05) is 0 Å². The Morgan fingerprint density at radius 2 is 2.31 bits per heavy atom. The minimum absolute atomic E-state index is 0.202. The highest BCUT2D eigenvalue weighted by molar-refractivity contribution is 6.29. The fourth-order valence-corrected chi connectivity index (χ4v) is 1.49. The molecule has 0 amide bonds. The van der Waals surface area contributed by atoms with E-state index in [1.807, 2.05) is 0 Å². The standard InChI is InChI=1S/C9H9ClFNO/c10-8-3-6(7(11)4-12-8)9(13)5-1-2-5/h3-5,9,13H,1-2H2. The molecule has 0 aliphatic heterocycles. The molecule has 0 bridgehead atoms. The number of aromatic nitrogens is 1. The average Bonchev–Trinajstić information content (AvgIpc) is 2.91. The minimum atomic E-state index is -0.722. The van der Waals surface area contributed by atoms with Crippen molar-refractivity contribution in [1.29, 1.82) is 0 Å². The Morgan fingerprint density at radius 1 is 1.62 bits per heavy atom. The highest BCUT2D eigenvalue weighted by atomic mass is 35.5. The van der Waals surface area contributed by atoms with Crippen LogP contribution in [0.3, 0.4) is 0 Å². The van der Waals surface area contributed by atoms with Gasteiger partial charge in [-0.15, -0.1) is 0 Å². The van der Waals surface area contributed by atoms with Crippen molar-refractivity contribution in [2.45, 2.75) is 18.9 Å². The molecule has 1 aliphatic rings. The van der Waals surface area contributed by atoms with Gasteiger partial charge < -0.3 is 5.11 Å². The van der Waals surface area contributed by atoms with E-state index in [4.69, 9.17) is 11.6 Å². The van der Waals surface area contributed by atoms with Crippen LogP contribution in [0.15, 0.2) is 12.3 Å². The molecule has 1 unspecified atom stereocenters. The molecule has 13 heavy (non-hydrogen) atoms. The highest BCUT2D eigenvalue weighted by Gasteiger charge is 2.32. The summed E-state index contributed by atoms with van der Waals surface area (Å²) in [4.78, 5) is 3.58. The van der Waals surface area contributed by atoms with Crippen molar-refractivity contribution in [3.63, 3.8) is 0 Å². The predicted octanol–water partition coefficient (Wildman–Crippen LogP) is 2.32. The van der Waals surface area contributed by atoms with Gasteiger partial charge in [0.05, 0.1) is 12.3 Å². The summed E-state index contributed by atoms with van der Waals surface area (Å²) >= 11 is 5.60. The van der Waals surface area contributed by atoms with Crippen LogP contribution in [0.2, 0.25) is 5.15 Å². The van der Waals surface area contributed by atoms with E-state index in [1.54, 1.807) is 0 Å². The first-order chi connectivity index (χ1) is 6.18. The molecule has 1 aliphatic carbocycles. The van der Waals surface area contributed by atoms with Crippen LogP contribution in [0.1, 0.15) is 24.5 Å². The summed E-state index contributed by atoms with van der Waals surface area (Å²) < 4.78 is 13.1. The van der Waals surface area contributed by atoms with Crippen LogP contribution < -0.4 is 0 Å². The lowest BCUT2D eigenvalue weighted by atomic mass is 10.1. The molecular formula is C9H9ClFNO. The molecule has 4 heteroatoms. The van der Waals surface area contributed by atoms with E-state index in [0.717, 1.165) is 19.0 Å². The summed E-state index contributed by atoms with van der Waals surface area (Å²) in [6.07, 6.45) is 2.24. The smallest absolute Gasteiger partial charge is 0.147 e. The zero-order valence-electron chi connectivity index (χ0n) is 6.87. The number of aliphatic hydroxyl groups is 1. The van der Waals surface area contributed by atoms with E-state index in [-0.39, 0.29) is 16.6 Å². The molecule has 0 radical (unpaired) electrons.